The number of nitrogens with zero attached hydrogens (tertiary/aromatic N) is 3. The van der Waals surface area contributed by atoms with Crippen LogP contribution >= 0.6 is 0 Å². The largest absolute Gasteiger partial charge is 0.332 e. The first kappa shape index (κ1) is 43.2. The van der Waals surface area contributed by atoms with Crippen LogP contribution in [-0.2, 0) is 0 Å². The molecule has 9 aromatic carbocycles. The second-order valence-electron chi connectivity index (χ2n) is 19.1. The lowest BCUT2D eigenvalue weighted by molar-refractivity contribution is 0.716. The van der Waals surface area contributed by atoms with Crippen LogP contribution in [0.1, 0.15) is 41.1 Å². The monoisotopic (exact) mass is 924 g/mol. The second-order valence-corrected chi connectivity index (χ2v) is 19.1. The topological polar surface area (TPSA) is 44.9 Å². The number of hydrogen-bond donors (Lipinski definition) is 1. The number of fused-ring (bicyclic) bond motifs is 9. The average molecular weight is 925 g/mol. The molecule has 0 spiro atoms. The zero-order valence-corrected chi connectivity index (χ0v) is 39.9. The molecule has 9 aromatic rings. The van der Waals surface area contributed by atoms with Crippen LogP contribution in [0.25, 0.3) is 55.1 Å². The second kappa shape index (κ2) is 18.5. The Labute approximate surface area is 421 Å². The van der Waals surface area contributed by atoms with E-state index < -0.39 is 0 Å². The van der Waals surface area contributed by atoms with Crippen LogP contribution in [0.2, 0.25) is 0 Å². The minimum atomic E-state index is -0.252. The molecule has 0 amide bonds. The Morgan fingerprint density at radius 2 is 1.22 bits per heavy atom. The maximum Gasteiger partial charge on any atom is 0.0640 e. The van der Waals surface area contributed by atoms with Gasteiger partial charge in [-0.2, -0.15) is 0 Å². The smallest absolute Gasteiger partial charge is 0.0640 e. The molecule has 0 bridgehead atoms. The van der Waals surface area contributed by atoms with Crippen molar-refractivity contribution in [3.63, 3.8) is 0 Å². The molecule has 13 rings (SSSR count). The lowest BCUT2D eigenvalue weighted by atomic mass is 9.85. The predicted octanol–water partition coefficient (Wildman–Crippen LogP) is 16.9. The van der Waals surface area contributed by atoms with Crippen molar-refractivity contribution in [2.75, 3.05) is 9.80 Å². The molecular formula is C68H52N4. The van der Waals surface area contributed by atoms with Gasteiger partial charge in [-0.25, -0.2) is 0 Å². The Morgan fingerprint density at radius 1 is 0.556 bits per heavy atom. The van der Waals surface area contributed by atoms with E-state index in [0.29, 0.717) is 0 Å². The van der Waals surface area contributed by atoms with Crippen molar-refractivity contribution in [1.29, 1.82) is 0 Å². The summed E-state index contributed by atoms with van der Waals surface area (Å²) in [5.41, 5.74) is 25.3. The van der Waals surface area contributed by atoms with Gasteiger partial charge >= 0.3 is 0 Å². The summed E-state index contributed by atoms with van der Waals surface area (Å²) in [5, 5.41) is 5.05. The van der Waals surface area contributed by atoms with Gasteiger partial charge in [0.1, 0.15) is 0 Å². The van der Waals surface area contributed by atoms with Gasteiger partial charge in [-0.15, -0.1) is 0 Å². The lowest BCUT2D eigenvalue weighted by Crippen LogP contribution is -2.33. The van der Waals surface area contributed by atoms with Crippen molar-refractivity contribution < 1.29 is 0 Å². The maximum atomic E-state index is 6.70. The first-order chi connectivity index (χ1) is 35.6. The molecule has 3 unspecified atom stereocenters. The number of anilines is 4. The summed E-state index contributed by atoms with van der Waals surface area (Å²) < 4.78 is 0. The standard InChI is InChI=1S/C68H52N4/c69-61(49-20-3-1-4-21-49)44-62(50-22-5-2-6-23-50)70-45-46-19-17-25-51(41-46)47-37-39-48(40-38-47)52-26-18-27-54(42-52)71-63-34-14-11-31-58(63)67-59-32-12-15-35-64(59)72(68(67)60-33-13-16-36-65(60)71)66-43-53-24-7-8-28-55(53)56-29-9-10-30-57(56)66/h1-5,7-22,24-45,59,61,64H,6,23,69H2/b62-44-,70-45?. The van der Waals surface area contributed by atoms with Gasteiger partial charge in [-0.1, -0.05) is 212 Å². The van der Waals surface area contributed by atoms with E-state index >= 15 is 0 Å². The Balaban J connectivity index is 0.851. The van der Waals surface area contributed by atoms with E-state index in [-0.39, 0.29) is 18.0 Å². The number of benzene rings is 9. The van der Waals surface area contributed by atoms with E-state index in [2.05, 4.69) is 246 Å². The minimum absolute atomic E-state index is 0.112. The number of para-hydroxylation sites is 2. The Morgan fingerprint density at radius 3 is 2.01 bits per heavy atom. The van der Waals surface area contributed by atoms with Gasteiger partial charge in [0.25, 0.3) is 0 Å². The summed E-state index contributed by atoms with van der Waals surface area (Å²) >= 11 is 0. The number of aliphatic imine (C=N–C) groups is 1. The van der Waals surface area contributed by atoms with Gasteiger partial charge in [-0.3, -0.25) is 4.99 Å². The van der Waals surface area contributed by atoms with Crippen LogP contribution in [0.3, 0.4) is 0 Å². The fourth-order valence-electron chi connectivity index (χ4n) is 11.4. The molecule has 0 saturated heterocycles. The van der Waals surface area contributed by atoms with Crippen molar-refractivity contribution >= 4 is 61.8 Å². The molecule has 344 valence electrons. The van der Waals surface area contributed by atoms with Crippen molar-refractivity contribution in [2.45, 2.75) is 24.9 Å². The van der Waals surface area contributed by atoms with E-state index in [4.69, 9.17) is 10.7 Å². The first-order valence-corrected chi connectivity index (χ1v) is 25.2. The Bertz CT molecular complexity index is 3790. The van der Waals surface area contributed by atoms with Gasteiger partial charge in [0.15, 0.2) is 0 Å². The summed E-state index contributed by atoms with van der Waals surface area (Å²) in [6.07, 6.45) is 21.8. The maximum absolute atomic E-state index is 6.70. The molecule has 0 saturated carbocycles. The number of nitrogens with two attached hydrogens (primary N) is 1. The number of rotatable bonds is 9. The SMILES string of the molecule is NC(/C=C(\N=Cc1cccc(-c2ccc(-c3cccc(N4c5ccccc5C5=C(c6ccccc64)N(c4cc6ccccc6c6ccccc46)C4C=CC=CC54)c3)cc2)c1)C1=CC=CCC1)c1ccccc1. The normalized spacial score (nSPS) is 17.5. The zero-order valence-electron chi connectivity index (χ0n) is 39.9. The highest BCUT2D eigenvalue weighted by Crippen LogP contribution is 2.57. The fraction of sp³-hybridized carbons (Fsp3) is 0.0735. The summed E-state index contributed by atoms with van der Waals surface area (Å²) in [5.74, 6) is 0.150. The highest BCUT2D eigenvalue weighted by atomic mass is 15.2. The van der Waals surface area contributed by atoms with Crippen LogP contribution < -0.4 is 15.5 Å². The number of hydrogen-bond acceptors (Lipinski definition) is 4. The van der Waals surface area contributed by atoms with Crippen molar-refractivity contribution in [3.8, 4) is 22.3 Å². The molecule has 0 radical (unpaired) electrons. The van der Waals surface area contributed by atoms with Crippen molar-refractivity contribution in [3.05, 3.63) is 288 Å². The molecule has 72 heavy (non-hydrogen) atoms. The van der Waals surface area contributed by atoms with Crippen LogP contribution in [0.4, 0.5) is 22.7 Å². The Kier molecular flexibility index (Phi) is 11.1. The summed E-state index contributed by atoms with van der Waals surface area (Å²) in [6, 6.07) is 74.9. The van der Waals surface area contributed by atoms with Gasteiger partial charge in [-0.05, 0) is 116 Å². The van der Waals surface area contributed by atoms with E-state index in [0.717, 1.165) is 63.3 Å². The van der Waals surface area contributed by atoms with E-state index in [9.17, 15) is 0 Å². The van der Waals surface area contributed by atoms with Gasteiger partial charge in [0.05, 0.1) is 40.5 Å². The molecule has 4 nitrogen and oxygen atoms in total. The van der Waals surface area contributed by atoms with Crippen LogP contribution in [-0.4, -0.2) is 12.3 Å². The van der Waals surface area contributed by atoms with Crippen LogP contribution in [0.5, 0.6) is 0 Å². The highest BCUT2D eigenvalue weighted by Gasteiger charge is 2.44. The molecule has 0 aromatic heterocycles. The third-order valence-electron chi connectivity index (χ3n) is 14.8. The van der Waals surface area contributed by atoms with E-state index in [1.165, 1.54) is 60.9 Å². The summed E-state index contributed by atoms with van der Waals surface area (Å²) in [7, 11) is 0. The molecule has 4 heteroatoms. The minimum Gasteiger partial charge on any atom is -0.332 e. The zero-order chi connectivity index (χ0) is 48.0. The third-order valence-corrected chi connectivity index (χ3v) is 14.8. The van der Waals surface area contributed by atoms with Crippen molar-refractivity contribution in [1.82, 2.24) is 0 Å². The quantitative estimate of drug-likeness (QED) is 0.116. The fourth-order valence-corrected chi connectivity index (χ4v) is 11.4. The van der Waals surface area contributed by atoms with Crippen LogP contribution in [0, 0.1) is 5.92 Å². The van der Waals surface area contributed by atoms with Crippen molar-refractivity contribution in [2.24, 2.45) is 16.6 Å². The molecule has 2 aliphatic carbocycles. The predicted molar refractivity (Wildman–Crippen MR) is 304 cm³/mol. The lowest BCUT2D eigenvalue weighted by Gasteiger charge is -2.35. The first-order valence-electron chi connectivity index (χ1n) is 25.2. The molecular weight excluding hydrogens is 873 g/mol. The molecule has 2 heterocycles. The Hall–Kier alpha value is -8.83. The van der Waals surface area contributed by atoms with Gasteiger partial charge in [0.2, 0.25) is 0 Å². The van der Waals surface area contributed by atoms with Gasteiger partial charge in [0, 0.05) is 34.3 Å². The van der Waals surface area contributed by atoms with E-state index in [1.54, 1.807) is 0 Å². The molecule has 2 N–H and O–H groups in total. The summed E-state index contributed by atoms with van der Waals surface area (Å²) in [4.78, 5) is 10.2. The third kappa shape index (κ3) is 7.74. The molecule has 2 aliphatic heterocycles. The highest BCUT2D eigenvalue weighted by molar-refractivity contribution is 6.18. The molecule has 3 atom stereocenters. The van der Waals surface area contributed by atoms with Crippen LogP contribution in [0.15, 0.2) is 271 Å². The molecule has 0 fully saturated rings. The number of allylic oxidation sites excluding steroid dienone is 6. The average Bonchev–Trinajstić information content (AvgIpc) is 3.73. The molecule has 4 aliphatic rings. The van der Waals surface area contributed by atoms with Gasteiger partial charge < -0.3 is 15.5 Å². The summed E-state index contributed by atoms with van der Waals surface area (Å²) in [6.45, 7) is 0. The van der Waals surface area contributed by atoms with E-state index in [1.807, 2.05) is 24.4 Å².